The fourth-order valence-electron chi connectivity index (χ4n) is 4.80. The van der Waals surface area contributed by atoms with E-state index in [2.05, 4.69) is 41.4 Å². The molecule has 1 aliphatic carbocycles. The molecule has 0 unspecified atom stereocenters. The van der Waals surface area contributed by atoms with Crippen LogP contribution in [0.25, 0.3) is 11.3 Å². The number of benzene rings is 1. The van der Waals surface area contributed by atoms with Crippen LogP contribution in [0.1, 0.15) is 60.8 Å². The van der Waals surface area contributed by atoms with Crippen molar-refractivity contribution in [3.63, 3.8) is 0 Å². The van der Waals surface area contributed by atoms with Crippen LogP contribution in [0.3, 0.4) is 0 Å². The van der Waals surface area contributed by atoms with E-state index in [1.165, 1.54) is 43.4 Å². The fourth-order valence-corrected chi connectivity index (χ4v) is 4.80. The van der Waals surface area contributed by atoms with Gasteiger partial charge in [0, 0.05) is 55.0 Å². The lowest BCUT2D eigenvalue weighted by Gasteiger charge is -2.29. The van der Waals surface area contributed by atoms with Gasteiger partial charge in [-0.15, -0.1) is 0 Å². The third-order valence-corrected chi connectivity index (χ3v) is 6.58. The van der Waals surface area contributed by atoms with Gasteiger partial charge in [0.25, 0.3) is 0 Å². The molecule has 3 aromatic rings. The molecule has 0 amide bonds. The summed E-state index contributed by atoms with van der Waals surface area (Å²) >= 11 is 0. The zero-order valence-corrected chi connectivity index (χ0v) is 18.3. The van der Waals surface area contributed by atoms with E-state index in [1.54, 1.807) is 7.11 Å². The van der Waals surface area contributed by atoms with Crippen molar-refractivity contribution in [3.8, 4) is 17.0 Å². The van der Waals surface area contributed by atoms with Crippen LogP contribution in [-0.4, -0.2) is 33.5 Å². The van der Waals surface area contributed by atoms with Crippen LogP contribution in [0.2, 0.25) is 0 Å². The Morgan fingerprint density at radius 3 is 2.65 bits per heavy atom. The number of ether oxygens (including phenoxy) is 1. The zero-order chi connectivity index (χ0) is 21.0. The van der Waals surface area contributed by atoms with Gasteiger partial charge in [0.15, 0.2) is 0 Å². The summed E-state index contributed by atoms with van der Waals surface area (Å²) in [4.78, 5) is 17.1. The van der Waals surface area contributed by atoms with E-state index in [4.69, 9.17) is 19.7 Å². The Bertz CT molecular complexity index is 1030. The zero-order valence-electron chi connectivity index (χ0n) is 18.3. The number of hydrogen-bond donors (Lipinski definition) is 0. The number of rotatable bonds is 5. The Labute approximate surface area is 184 Å². The highest BCUT2D eigenvalue weighted by Gasteiger charge is 2.23. The quantitative estimate of drug-likeness (QED) is 0.578. The number of aromatic nitrogens is 3. The first-order valence-electron chi connectivity index (χ1n) is 11.5. The minimum Gasteiger partial charge on any atom is -0.497 e. The summed E-state index contributed by atoms with van der Waals surface area (Å²) < 4.78 is 5.26. The van der Waals surface area contributed by atoms with Crippen molar-refractivity contribution >= 4 is 0 Å². The first-order valence-corrected chi connectivity index (χ1v) is 11.5. The lowest BCUT2D eigenvalue weighted by atomic mass is 9.88. The van der Waals surface area contributed by atoms with Gasteiger partial charge in [-0.3, -0.25) is 9.88 Å². The van der Waals surface area contributed by atoms with E-state index in [0.717, 1.165) is 54.6 Å². The third-order valence-electron chi connectivity index (χ3n) is 6.58. The van der Waals surface area contributed by atoms with Crippen molar-refractivity contribution in [1.82, 2.24) is 19.9 Å². The monoisotopic (exact) mass is 414 g/mol. The van der Waals surface area contributed by atoms with Gasteiger partial charge in [-0.05, 0) is 49.2 Å². The molecule has 0 spiro atoms. The molecule has 1 saturated carbocycles. The van der Waals surface area contributed by atoms with Crippen molar-refractivity contribution in [2.24, 2.45) is 0 Å². The van der Waals surface area contributed by atoms with Gasteiger partial charge in [0.2, 0.25) is 0 Å². The third kappa shape index (κ3) is 4.62. The molecule has 0 saturated heterocycles. The van der Waals surface area contributed by atoms with E-state index in [-0.39, 0.29) is 0 Å². The van der Waals surface area contributed by atoms with Crippen molar-refractivity contribution in [2.75, 3.05) is 13.7 Å². The molecular weight excluding hydrogens is 384 g/mol. The summed E-state index contributed by atoms with van der Waals surface area (Å²) in [6, 6.07) is 14.4. The molecule has 1 fully saturated rings. The van der Waals surface area contributed by atoms with Crippen LogP contribution >= 0.6 is 0 Å². The normalized spacial score (nSPS) is 17.3. The second kappa shape index (κ2) is 9.15. The molecule has 1 aliphatic heterocycles. The highest BCUT2D eigenvalue weighted by Crippen LogP contribution is 2.31. The Kier molecular flexibility index (Phi) is 5.94. The lowest BCUT2D eigenvalue weighted by Crippen LogP contribution is -2.31. The van der Waals surface area contributed by atoms with Gasteiger partial charge in [-0.25, -0.2) is 9.97 Å². The van der Waals surface area contributed by atoms with E-state index >= 15 is 0 Å². The molecule has 5 rings (SSSR count). The van der Waals surface area contributed by atoms with Crippen LogP contribution < -0.4 is 4.74 Å². The van der Waals surface area contributed by atoms with Crippen molar-refractivity contribution in [2.45, 2.75) is 57.5 Å². The molecule has 160 valence electrons. The first kappa shape index (κ1) is 20.1. The molecule has 0 radical (unpaired) electrons. The second-order valence-electron chi connectivity index (χ2n) is 8.74. The fraction of sp³-hybridized carbons (Fsp3) is 0.423. The number of methoxy groups -OCH3 is 1. The second-order valence-corrected chi connectivity index (χ2v) is 8.74. The number of pyridine rings is 1. The largest absolute Gasteiger partial charge is 0.497 e. The average Bonchev–Trinajstić information content (AvgIpc) is 2.84. The molecule has 2 aromatic heterocycles. The van der Waals surface area contributed by atoms with Crippen molar-refractivity contribution in [3.05, 3.63) is 71.4 Å². The Balaban J connectivity index is 1.26. The molecule has 5 nitrogen and oxygen atoms in total. The summed E-state index contributed by atoms with van der Waals surface area (Å²) in [6.45, 7) is 2.76. The minimum absolute atomic E-state index is 0.571. The van der Waals surface area contributed by atoms with E-state index in [0.29, 0.717) is 5.92 Å². The van der Waals surface area contributed by atoms with Gasteiger partial charge >= 0.3 is 0 Å². The van der Waals surface area contributed by atoms with Crippen LogP contribution in [0.15, 0.2) is 48.7 Å². The van der Waals surface area contributed by atoms with Crippen LogP contribution in [0, 0.1) is 0 Å². The van der Waals surface area contributed by atoms with Crippen molar-refractivity contribution in [1.29, 1.82) is 0 Å². The first-order chi connectivity index (χ1) is 15.3. The highest BCUT2D eigenvalue weighted by atomic mass is 16.5. The maximum atomic E-state index is 5.26. The topological polar surface area (TPSA) is 51.1 Å². The maximum absolute atomic E-state index is 5.26. The predicted octanol–water partition coefficient (Wildman–Crippen LogP) is 5.15. The molecular formula is C26H30N4O. The lowest BCUT2D eigenvalue weighted by molar-refractivity contribution is 0.239. The summed E-state index contributed by atoms with van der Waals surface area (Å²) in [5, 5.41) is 0. The number of nitrogens with zero attached hydrogens (tertiary/aromatic N) is 4. The summed E-state index contributed by atoms with van der Waals surface area (Å²) in [7, 11) is 1.69. The molecule has 2 aliphatic rings. The molecule has 5 heteroatoms. The average molecular weight is 415 g/mol. The molecule has 1 aromatic carbocycles. The van der Waals surface area contributed by atoms with Crippen molar-refractivity contribution < 1.29 is 4.74 Å². The van der Waals surface area contributed by atoms with E-state index in [9.17, 15) is 0 Å². The molecule has 31 heavy (non-hydrogen) atoms. The van der Waals surface area contributed by atoms with Crippen LogP contribution in [0.5, 0.6) is 5.75 Å². The SMILES string of the molecule is COc1ccc(-c2cccc(CN3CCc4nc(C5CCCCC5)ncc4C3)n2)cc1. The van der Waals surface area contributed by atoms with Gasteiger partial charge in [0.1, 0.15) is 11.6 Å². The van der Waals surface area contributed by atoms with Gasteiger partial charge in [-0.2, -0.15) is 0 Å². The van der Waals surface area contributed by atoms with Gasteiger partial charge in [0.05, 0.1) is 18.5 Å². The summed E-state index contributed by atoms with van der Waals surface area (Å²) in [5.74, 6) is 2.52. The van der Waals surface area contributed by atoms with Crippen LogP contribution in [-0.2, 0) is 19.5 Å². The molecule has 0 N–H and O–H groups in total. The smallest absolute Gasteiger partial charge is 0.131 e. The molecule has 3 heterocycles. The molecule has 0 atom stereocenters. The highest BCUT2D eigenvalue weighted by molar-refractivity contribution is 5.60. The number of fused-ring (bicyclic) bond motifs is 1. The number of hydrogen-bond acceptors (Lipinski definition) is 5. The van der Waals surface area contributed by atoms with Gasteiger partial charge < -0.3 is 4.74 Å². The van der Waals surface area contributed by atoms with Gasteiger partial charge in [-0.1, -0.05) is 25.3 Å². The van der Waals surface area contributed by atoms with E-state index < -0.39 is 0 Å². The maximum Gasteiger partial charge on any atom is 0.131 e. The minimum atomic E-state index is 0.571. The Morgan fingerprint density at radius 2 is 1.84 bits per heavy atom. The Hall–Kier alpha value is -2.79. The summed E-state index contributed by atoms with van der Waals surface area (Å²) in [5.41, 5.74) is 5.73. The standard InChI is InChI=1S/C26H30N4O/c1-31-23-12-10-19(11-13-23)24-9-5-8-22(28-24)18-30-15-14-25-21(17-30)16-27-26(29-25)20-6-3-2-4-7-20/h5,8-13,16,20H,2-4,6-7,14-15,17-18H2,1H3. The van der Waals surface area contributed by atoms with Crippen LogP contribution in [0.4, 0.5) is 0 Å². The van der Waals surface area contributed by atoms with E-state index in [1.807, 2.05) is 12.1 Å². The Morgan fingerprint density at radius 1 is 1.00 bits per heavy atom. The summed E-state index contributed by atoms with van der Waals surface area (Å²) in [6.07, 6.45) is 9.59. The predicted molar refractivity (Wildman–Crippen MR) is 122 cm³/mol. The molecule has 0 bridgehead atoms.